The van der Waals surface area contributed by atoms with Gasteiger partial charge >= 0.3 is 5.97 Å². The number of rotatable bonds is 4. The van der Waals surface area contributed by atoms with E-state index in [1.807, 2.05) is 0 Å². The largest absolute Gasteiger partial charge is 0.468 e. The molecule has 0 spiro atoms. The highest BCUT2D eigenvalue weighted by Crippen LogP contribution is 2.27. The molecule has 17 heavy (non-hydrogen) atoms. The Balaban J connectivity index is 3.05. The summed E-state index contributed by atoms with van der Waals surface area (Å²) in [5, 5.41) is 11.0. The zero-order chi connectivity index (χ0) is 13.0. The Bertz CT molecular complexity index is 450. The number of benzene rings is 1. The Hall–Kier alpha value is -1.66. The zero-order valence-corrected chi connectivity index (χ0v) is 9.81. The first-order valence-corrected chi connectivity index (χ1v) is 5.10. The maximum atomic E-state index is 11.1. The lowest BCUT2D eigenvalue weighted by atomic mass is 10.0. The standard InChI is InChI=1S/C10H11ClN2O4/c1-17-10(14)8(12)5-6-7(11)3-2-4-9(6)13(15)16/h2-4,8H,5,12H2,1H3. The number of esters is 1. The van der Waals surface area contributed by atoms with Crippen LogP contribution in [-0.4, -0.2) is 24.0 Å². The fourth-order valence-electron chi connectivity index (χ4n) is 1.38. The molecular formula is C10H11ClN2O4. The molecule has 1 aromatic rings. The first-order valence-electron chi connectivity index (χ1n) is 4.72. The van der Waals surface area contributed by atoms with Gasteiger partial charge in [0.15, 0.2) is 0 Å². The predicted molar refractivity (Wildman–Crippen MR) is 61.8 cm³/mol. The third kappa shape index (κ3) is 3.15. The van der Waals surface area contributed by atoms with Crippen LogP contribution in [0.4, 0.5) is 5.69 Å². The number of ether oxygens (including phenoxy) is 1. The van der Waals surface area contributed by atoms with Gasteiger partial charge in [-0.25, -0.2) is 0 Å². The molecule has 0 aliphatic rings. The van der Waals surface area contributed by atoms with E-state index < -0.39 is 16.9 Å². The molecule has 0 heterocycles. The van der Waals surface area contributed by atoms with Gasteiger partial charge in [-0.15, -0.1) is 0 Å². The van der Waals surface area contributed by atoms with Gasteiger partial charge in [0.05, 0.1) is 22.6 Å². The van der Waals surface area contributed by atoms with Crippen molar-refractivity contribution in [2.75, 3.05) is 7.11 Å². The van der Waals surface area contributed by atoms with Gasteiger partial charge in [-0.3, -0.25) is 14.9 Å². The molecule has 7 heteroatoms. The van der Waals surface area contributed by atoms with Gasteiger partial charge in [-0.05, 0) is 6.07 Å². The number of carbonyl (C=O) groups is 1. The zero-order valence-electron chi connectivity index (χ0n) is 9.05. The molecule has 0 aliphatic heterocycles. The molecule has 0 saturated carbocycles. The average Bonchev–Trinajstić information content (AvgIpc) is 2.30. The van der Waals surface area contributed by atoms with Gasteiger partial charge in [0.2, 0.25) is 0 Å². The summed E-state index contributed by atoms with van der Waals surface area (Å²) in [5.41, 5.74) is 5.62. The minimum atomic E-state index is -0.974. The van der Waals surface area contributed by atoms with Gasteiger partial charge in [0.1, 0.15) is 6.04 Å². The van der Waals surface area contributed by atoms with Gasteiger partial charge in [0.25, 0.3) is 5.69 Å². The number of methoxy groups -OCH3 is 1. The van der Waals surface area contributed by atoms with E-state index in [0.717, 1.165) is 0 Å². The predicted octanol–water partition coefficient (Wildman–Crippen LogP) is 1.29. The maximum Gasteiger partial charge on any atom is 0.322 e. The molecule has 2 N–H and O–H groups in total. The summed E-state index contributed by atoms with van der Waals surface area (Å²) in [6.45, 7) is 0. The Morgan fingerprint density at radius 3 is 2.82 bits per heavy atom. The minimum absolute atomic E-state index is 0.0390. The smallest absolute Gasteiger partial charge is 0.322 e. The van der Waals surface area contributed by atoms with Crippen LogP contribution in [0.15, 0.2) is 18.2 Å². The van der Waals surface area contributed by atoms with E-state index in [2.05, 4.69) is 4.74 Å². The van der Waals surface area contributed by atoms with Gasteiger partial charge in [-0.2, -0.15) is 0 Å². The van der Waals surface area contributed by atoms with Crippen LogP contribution in [0.1, 0.15) is 5.56 Å². The van der Waals surface area contributed by atoms with Crippen LogP contribution >= 0.6 is 11.6 Å². The summed E-state index contributed by atoms with van der Waals surface area (Å²) in [6, 6.07) is 3.31. The SMILES string of the molecule is COC(=O)C(N)Cc1c(Cl)cccc1[N+](=O)[O-]. The third-order valence-corrected chi connectivity index (χ3v) is 2.57. The van der Waals surface area contributed by atoms with Crippen molar-refractivity contribution < 1.29 is 14.5 Å². The highest BCUT2D eigenvalue weighted by molar-refractivity contribution is 6.31. The van der Waals surface area contributed by atoms with Crippen molar-refractivity contribution >= 4 is 23.3 Å². The topological polar surface area (TPSA) is 95.5 Å². The van der Waals surface area contributed by atoms with Crippen molar-refractivity contribution in [2.24, 2.45) is 5.73 Å². The number of hydrogen-bond acceptors (Lipinski definition) is 5. The monoisotopic (exact) mass is 258 g/mol. The highest BCUT2D eigenvalue weighted by atomic mass is 35.5. The van der Waals surface area contributed by atoms with E-state index in [4.69, 9.17) is 17.3 Å². The summed E-state index contributed by atoms with van der Waals surface area (Å²) in [6.07, 6.45) is -0.0390. The third-order valence-electron chi connectivity index (χ3n) is 2.22. The van der Waals surface area contributed by atoms with E-state index in [9.17, 15) is 14.9 Å². The first-order chi connectivity index (χ1) is 7.97. The molecule has 0 aliphatic carbocycles. The Labute approximate surface area is 102 Å². The second kappa shape index (κ2) is 5.60. The second-order valence-corrected chi connectivity index (χ2v) is 3.74. The molecule has 0 fully saturated rings. The second-order valence-electron chi connectivity index (χ2n) is 3.33. The summed E-state index contributed by atoms with van der Waals surface area (Å²) >= 11 is 5.85. The van der Waals surface area contributed by atoms with E-state index >= 15 is 0 Å². The molecule has 0 amide bonds. The molecule has 0 aromatic heterocycles. The number of nitro benzene ring substituents is 1. The van der Waals surface area contributed by atoms with Crippen LogP contribution in [0.2, 0.25) is 5.02 Å². The molecule has 1 rings (SSSR count). The lowest BCUT2D eigenvalue weighted by Gasteiger charge is -2.10. The van der Waals surface area contributed by atoms with Crippen LogP contribution < -0.4 is 5.73 Å². The summed E-state index contributed by atoms with van der Waals surface area (Å²) in [7, 11) is 1.20. The maximum absolute atomic E-state index is 11.1. The lowest BCUT2D eigenvalue weighted by molar-refractivity contribution is -0.385. The van der Waals surface area contributed by atoms with Crippen molar-refractivity contribution in [1.82, 2.24) is 0 Å². The molecule has 0 saturated heterocycles. The number of nitrogens with zero attached hydrogens (tertiary/aromatic N) is 1. The van der Waals surface area contributed by atoms with E-state index in [0.29, 0.717) is 0 Å². The number of halogens is 1. The van der Waals surface area contributed by atoms with Crippen molar-refractivity contribution in [2.45, 2.75) is 12.5 Å². The number of carbonyl (C=O) groups excluding carboxylic acids is 1. The van der Waals surface area contributed by atoms with Crippen molar-refractivity contribution in [1.29, 1.82) is 0 Å². The normalized spacial score (nSPS) is 11.9. The molecule has 92 valence electrons. The summed E-state index contributed by atoms with van der Waals surface area (Å²) < 4.78 is 4.45. The van der Waals surface area contributed by atoms with Crippen LogP contribution in [-0.2, 0) is 16.0 Å². The highest BCUT2D eigenvalue weighted by Gasteiger charge is 2.22. The molecule has 1 aromatic carbocycles. The van der Waals surface area contributed by atoms with Crippen molar-refractivity contribution in [3.05, 3.63) is 38.9 Å². The molecule has 1 atom stereocenters. The van der Waals surface area contributed by atoms with Gasteiger partial charge < -0.3 is 10.5 Å². The van der Waals surface area contributed by atoms with Crippen LogP contribution in [0.3, 0.4) is 0 Å². The minimum Gasteiger partial charge on any atom is -0.468 e. The van der Waals surface area contributed by atoms with Gasteiger partial charge in [0, 0.05) is 12.5 Å². The summed E-state index contributed by atoms with van der Waals surface area (Å²) in [5.74, 6) is -0.640. The Morgan fingerprint density at radius 2 is 2.29 bits per heavy atom. The molecule has 6 nitrogen and oxygen atoms in total. The number of nitro groups is 1. The molecular weight excluding hydrogens is 248 g/mol. The number of hydrogen-bond donors (Lipinski definition) is 1. The lowest BCUT2D eigenvalue weighted by Crippen LogP contribution is -2.33. The van der Waals surface area contributed by atoms with E-state index in [-0.39, 0.29) is 22.7 Å². The molecule has 1 unspecified atom stereocenters. The Kier molecular flexibility index (Phi) is 4.42. The van der Waals surface area contributed by atoms with Crippen molar-refractivity contribution in [3.8, 4) is 0 Å². The average molecular weight is 259 g/mol. The Morgan fingerprint density at radius 1 is 1.65 bits per heavy atom. The van der Waals surface area contributed by atoms with Crippen LogP contribution in [0.5, 0.6) is 0 Å². The first kappa shape index (κ1) is 13.4. The van der Waals surface area contributed by atoms with Crippen LogP contribution in [0.25, 0.3) is 0 Å². The fraction of sp³-hybridized carbons (Fsp3) is 0.300. The van der Waals surface area contributed by atoms with Crippen LogP contribution in [0, 0.1) is 10.1 Å². The fourth-order valence-corrected chi connectivity index (χ4v) is 1.62. The summed E-state index contributed by atoms with van der Waals surface area (Å²) in [4.78, 5) is 21.4. The van der Waals surface area contributed by atoms with Crippen molar-refractivity contribution in [3.63, 3.8) is 0 Å². The molecule has 0 bridgehead atoms. The van der Waals surface area contributed by atoms with E-state index in [1.54, 1.807) is 0 Å². The van der Waals surface area contributed by atoms with E-state index in [1.165, 1.54) is 25.3 Å². The molecule has 0 radical (unpaired) electrons. The quantitative estimate of drug-likeness (QED) is 0.499. The van der Waals surface area contributed by atoms with Gasteiger partial charge in [-0.1, -0.05) is 17.7 Å². The number of nitrogens with two attached hydrogens (primary N) is 1.